The summed E-state index contributed by atoms with van der Waals surface area (Å²) in [6, 6.07) is 13.7. The second kappa shape index (κ2) is 8.44. The second-order valence-corrected chi connectivity index (χ2v) is 6.56. The van der Waals surface area contributed by atoms with E-state index >= 15 is 0 Å². The smallest absolute Gasteiger partial charge is 0.261 e. The van der Waals surface area contributed by atoms with Crippen molar-refractivity contribution in [2.75, 3.05) is 6.61 Å². The van der Waals surface area contributed by atoms with Crippen molar-refractivity contribution in [2.45, 2.75) is 13.5 Å². The Morgan fingerprint density at radius 1 is 1.23 bits per heavy atom. The number of halogens is 1. The van der Waals surface area contributed by atoms with Crippen molar-refractivity contribution in [1.82, 2.24) is 5.32 Å². The third-order valence-electron chi connectivity index (χ3n) is 3.53. The molecule has 0 aliphatic rings. The van der Waals surface area contributed by atoms with Gasteiger partial charge in [0.2, 0.25) is 0 Å². The summed E-state index contributed by atoms with van der Waals surface area (Å²) in [5.41, 5.74) is 1.61. The summed E-state index contributed by atoms with van der Waals surface area (Å²) in [5.74, 6) is 0.128. The average molecular weight is 372 g/mol. The Balaban J connectivity index is 1.51. The molecule has 1 amide bonds. The fourth-order valence-corrected chi connectivity index (χ4v) is 3.13. The van der Waals surface area contributed by atoms with Crippen LogP contribution in [0.2, 0.25) is 0 Å². The zero-order valence-corrected chi connectivity index (χ0v) is 14.9. The minimum absolute atomic E-state index is 0.172. The Bertz CT molecular complexity index is 886. The van der Waals surface area contributed by atoms with Crippen molar-refractivity contribution in [3.8, 4) is 10.4 Å². The lowest BCUT2D eigenvalue weighted by molar-refractivity contribution is -0.125. The van der Waals surface area contributed by atoms with Gasteiger partial charge in [0.15, 0.2) is 6.61 Å². The van der Waals surface area contributed by atoms with Crippen molar-refractivity contribution in [1.29, 1.82) is 0 Å². The van der Waals surface area contributed by atoms with Crippen LogP contribution in [-0.4, -0.2) is 18.2 Å². The highest BCUT2D eigenvalue weighted by molar-refractivity contribution is 7.17. The number of nitrogens with one attached hydrogen (secondary N) is 1. The molecule has 2 aromatic heterocycles. The highest BCUT2D eigenvalue weighted by Gasteiger charge is 2.07. The van der Waals surface area contributed by atoms with E-state index in [2.05, 4.69) is 10.5 Å². The molecule has 3 aromatic rings. The molecule has 0 spiro atoms. The lowest BCUT2D eigenvalue weighted by atomic mass is 10.2. The number of carbonyl (C=O) groups excluding carboxylic acids is 1. The Morgan fingerprint density at radius 3 is 2.77 bits per heavy atom. The van der Waals surface area contributed by atoms with Crippen LogP contribution in [0.4, 0.5) is 4.39 Å². The molecule has 26 heavy (non-hydrogen) atoms. The second-order valence-electron chi connectivity index (χ2n) is 5.48. The topological polar surface area (TPSA) is 63.8 Å². The van der Waals surface area contributed by atoms with E-state index in [0.29, 0.717) is 18.0 Å². The molecular formula is C19H17FN2O3S. The molecule has 0 atom stereocenters. The fraction of sp³-hybridized carbons (Fsp3) is 0.158. The van der Waals surface area contributed by atoms with Gasteiger partial charge in [-0.1, -0.05) is 17.3 Å². The van der Waals surface area contributed by atoms with Gasteiger partial charge in [0.1, 0.15) is 11.6 Å². The maximum atomic E-state index is 13.0. The summed E-state index contributed by atoms with van der Waals surface area (Å²) in [7, 11) is 0. The largest absolute Gasteiger partial charge is 0.467 e. The summed E-state index contributed by atoms with van der Waals surface area (Å²) in [5, 5.41) is 6.66. The maximum Gasteiger partial charge on any atom is 0.261 e. The van der Waals surface area contributed by atoms with Gasteiger partial charge in [-0.2, -0.15) is 0 Å². The first-order valence-electron chi connectivity index (χ1n) is 7.93. The van der Waals surface area contributed by atoms with Crippen LogP contribution in [-0.2, 0) is 16.2 Å². The molecule has 134 valence electrons. The molecule has 0 saturated heterocycles. The molecule has 0 radical (unpaired) electrons. The van der Waals surface area contributed by atoms with Crippen LogP contribution in [0.1, 0.15) is 17.6 Å². The lowest BCUT2D eigenvalue weighted by Crippen LogP contribution is -2.26. The van der Waals surface area contributed by atoms with Gasteiger partial charge in [-0.15, -0.1) is 11.3 Å². The molecule has 0 unspecified atom stereocenters. The van der Waals surface area contributed by atoms with Crippen LogP contribution in [0.3, 0.4) is 0 Å². The first-order chi connectivity index (χ1) is 12.6. The van der Waals surface area contributed by atoms with Crippen molar-refractivity contribution >= 4 is 23.0 Å². The number of carbonyl (C=O) groups is 1. The number of benzene rings is 1. The average Bonchev–Trinajstić information content (AvgIpc) is 3.32. The van der Waals surface area contributed by atoms with Crippen LogP contribution < -0.4 is 5.32 Å². The number of rotatable bonds is 7. The number of thiophene rings is 1. The van der Waals surface area contributed by atoms with E-state index in [9.17, 15) is 9.18 Å². The third kappa shape index (κ3) is 4.80. The molecule has 5 nitrogen and oxygen atoms in total. The van der Waals surface area contributed by atoms with Gasteiger partial charge in [-0.05, 0) is 48.9 Å². The van der Waals surface area contributed by atoms with Crippen LogP contribution in [0.15, 0.2) is 64.4 Å². The van der Waals surface area contributed by atoms with Crippen molar-refractivity contribution in [2.24, 2.45) is 5.16 Å². The van der Waals surface area contributed by atoms with E-state index in [4.69, 9.17) is 9.25 Å². The molecule has 1 N–H and O–H groups in total. The predicted octanol–water partition coefficient (Wildman–Crippen LogP) is 4.20. The van der Waals surface area contributed by atoms with E-state index in [1.807, 2.05) is 12.1 Å². The van der Waals surface area contributed by atoms with E-state index in [1.54, 1.807) is 37.5 Å². The molecule has 0 saturated carbocycles. The highest BCUT2D eigenvalue weighted by Crippen LogP contribution is 2.28. The monoisotopic (exact) mass is 372 g/mol. The maximum absolute atomic E-state index is 13.0. The van der Waals surface area contributed by atoms with Crippen LogP contribution >= 0.6 is 11.3 Å². The zero-order chi connectivity index (χ0) is 18.4. The predicted molar refractivity (Wildman–Crippen MR) is 98.4 cm³/mol. The number of furan rings is 1. The third-order valence-corrected chi connectivity index (χ3v) is 4.77. The van der Waals surface area contributed by atoms with E-state index in [0.717, 1.165) is 15.3 Å². The van der Waals surface area contributed by atoms with E-state index in [-0.39, 0.29) is 18.3 Å². The summed E-state index contributed by atoms with van der Waals surface area (Å²) < 4.78 is 18.1. The first kappa shape index (κ1) is 17.9. The van der Waals surface area contributed by atoms with Gasteiger partial charge in [-0.25, -0.2) is 4.39 Å². The minimum Gasteiger partial charge on any atom is -0.467 e. The van der Waals surface area contributed by atoms with Gasteiger partial charge in [0.05, 0.1) is 23.4 Å². The van der Waals surface area contributed by atoms with Gasteiger partial charge in [0.25, 0.3) is 5.91 Å². The highest BCUT2D eigenvalue weighted by atomic mass is 32.1. The zero-order valence-electron chi connectivity index (χ0n) is 14.1. The Labute approximate surface area is 154 Å². The molecular weight excluding hydrogens is 355 g/mol. The van der Waals surface area contributed by atoms with E-state index in [1.165, 1.54) is 23.5 Å². The summed E-state index contributed by atoms with van der Waals surface area (Å²) in [6.45, 7) is 1.94. The number of hydrogen-bond donors (Lipinski definition) is 1. The standard InChI is InChI=1S/C19H17FN2O3S/c1-13(22-25-12-19(23)21-11-16-3-2-10-24-16)17-8-9-18(26-17)14-4-6-15(20)7-5-14/h2-10H,11-12H2,1H3,(H,21,23). The van der Waals surface area contributed by atoms with Crippen LogP contribution in [0.5, 0.6) is 0 Å². The van der Waals surface area contributed by atoms with Crippen molar-refractivity contribution < 1.29 is 18.4 Å². The van der Waals surface area contributed by atoms with Gasteiger partial charge in [0, 0.05) is 4.88 Å². The summed E-state index contributed by atoms with van der Waals surface area (Å²) in [6.07, 6.45) is 1.55. The van der Waals surface area contributed by atoms with Gasteiger partial charge in [-0.3, -0.25) is 4.79 Å². The van der Waals surface area contributed by atoms with Gasteiger partial charge >= 0.3 is 0 Å². The molecule has 0 bridgehead atoms. The van der Waals surface area contributed by atoms with Crippen molar-refractivity contribution in [3.05, 3.63) is 71.2 Å². The molecule has 3 rings (SSSR count). The summed E-state index contributed by atoms with van der Waals surface area (Å²) in [4.78, 5) is 18.7. The van der Waals surface area contributed by atoms with Crippen LogP contribution in [0.25, 0.3) is 10.4 Å². The first-order valence-corrected chi connectivity index (χ1v) is 8.75. The molecule has 2 heterocycles. The van der Waals surface area contributed by atoms with E-state index < -0.39 is 0 Å². The summed E-state index contributed by atoms with van der Waals surface area (Å²) >= 11 is 1.52. The number of oxime groups is 1. The number of hydrogen-bond acceptors (Lipinski definition) is 5. The molecule has 0 fully saturated rings. The lowest BCUT2D eigenvalue weighted by Gasteiger charge is -2.03. The van der Waals surface area contributed by atoms with Crippen LogP contribution in [0, 0.1) is 5.82 Å². The normalized spacial score (nSPS) is 11.4. The number of nitrogens with zero attached hydrogens (tertiary/aromatic N) is 1. The van der Waals surface area contributed by atoms with Gasteiger partial charge < -0.3 is 14.6 Å². The fourth-order valence-electron chi connectivity index (χ4n) is 2.18. The van der Waals surface area contributed by atoms with Crippen molar-refractivity contribution in [3.63, 3.8) is 0 Å². The number of amides is 1. The SMILES string of the molecule is CC(=NOCC(=O)NCc1ccco1)c1ccc(-c2ccc(F)cc2)s1. The molecule has 0 aliphatic heterocycles. The molecule has 1 aromatic carbocycles. The molecule has 0 aliphatic carbocycles. The Morgan fingerprint density at radius 2 is 2.04 bits per heavy atom. The molecule has 7 heteroatoms. The minimum atomic E-state index is -0.281. The Hall–Kier alpha value is -2.93. The quantitative estimate of drug-likeness (QED) is 0.499. The Kier molecular flexibility index (Phi) is 5.80.